The van der Waals surface area contributed by atoms with Gasteiger partial charge in [0.15, 0.2) is 0 Å². The third-order valence-electron chi connectivity index (χ3n) is 3.61. The fourth-order valence-corrected chi connectivity index (χ4v) is 2.86. The maximum absolute atomic E-state index is 12.2. The lowest BCUT2D eigenvalue weighted by molar-refractivity contribution is 0.0950. The molecule has 0 aliphatic carbocycles. The Morgan fingerprint density at radius 3 is 2.79 bits per heavy atom. The van der Waals surface area contributed by atoms with Gasteiger partial charge in [-0.05, 0) is 24.3 Å². The summed E-state index contributed by atoms with van der Waals surface area (Å²) in [4.78, 5) is 23.0. The highest BCUT2D eigenvalue weighted by atomic mass is 35.5. The van der Waals surface area contributed by atoms with Crippen molar-refractivity contribution in [2.75, 3.05) is 31.2 Å². The van der Waals surface area contributed by atoms with Crippen LogP contribution in [-0.2, 0) is 11.3 Å². The van der Waals surface area contributed by atoms with Gasteiger partial charge in [0.2, 0.25) is 0 Å². The zero-order chi connectivity index (χ0) is 16.9. The molecule has 6 nitrogen and oxygen atoms in total. The van der Waals surface area contributed by atoms with Gasteiger partial charge in [-0.2, -0.15) is 0 Å². The van der Waals surface area contributed by atoms with Crippen molar-refractivity contribution < 1.29 is 9.53 Å². The van der Waals surface area contributed by atoms with E-state index in [0.29, 0.717) is 34.6 Å². The minimum Gasteiger partial charge on any atom is -0.378 e. The van der Waals surface area contributed by atoms with Gasteiger partial charge in [0.1, 0.15) is 11.6 Å². The highest BCUT2D eigenvalue weighted by Crippen LogP contribution is 2.21. The number of amides is 1. The van der Waals surface area contributed by atoms with Gasteiger partial charge in [0.05, 0.1) is 30.3 Å². The number of hydrogen-bond donors (Lipinski definition) is 1. The lowest BCUT2D eigenvalue weighted by Gasteiger charge is -2.27. The van der Waals surface area contributed by atoms with Crippen molar-refractivity contribution in [1.29, 1.82) is 0 Å². The summed E-state index contributed by atoms with van der Waals surface area (Å²) in [6, 6.07) is 6.60. The minimum atomic E-state index is -0.294. The van der Waals surface area contributed by atoms with E-state index >= 15 is 0 Å². The molecule has 8 heteroatoms. The third kappa shape index (κ3) is 4.14. The lowest BCUT2D eigenvalue weighted by Crippen LogP contribution is -2.37. The van der Waals surface area contributed by atoms with Crippen molar-refractivity contribution in [3.05, 3.63) is 51.9 Å². The van der Waals surface area contributed by atoms with Crippen molar-refractivity contribution in [3.8, 4) is 0 Å². The van der Waals surface area contributed by atoms with Crippen LogP contribution in [0.2, 0.25) is 10.0 Å². The molecule has 0 bridgehead atoms. The van der Waals surface area contributed by atoms with Gasteiger partial charge in [-0.1, -0.05) is 23.2 Å². The summed E-state index contributed by atoms with van der Waals surface area (Å²) in [5.41, 5.74) is 0.366. The van der Waals surface area contributed by atoms with Crippen LogP contribution in [0.1, 0.15) is 16.2 Å². The van der Waals surface area contributed by atoms with E-state index in [9.17, 15) is 4.79 Å². The summed E-state index contributed by atoms with van der Waals surface area (Å²) < 4.78 is 5.33. The Bertz CT molecular complexity index is 736. The summed E-state index contributed by atoms with van der Waals surface area (Å²) in [6.45, 7) is 3.18. The summed E-state index contributed by atoms with van der Waals surface area (Å²) in [7, 11) is 0. The van der Waals surface area contributed by atoms with Gasteiger partial charge in [0, 0.05) is 24.3 Å². The van der Waals surface area contributed by atoms with E-state index in [2.05, 4.69) is 20.2 Å². The predicted octanol–water partition coefficient (Wildman–Crippen LogP) is 2.55. The Hall–Kier alpha value is -1.89. The van der Waals surface area contributed by atoms with Crippen LogP contribution in [0.5, 0.6) is 0 Å². The maximum atomic E-state index is 12.2. The van der Waals surface area contributed by atoms with Crippen LogP contribution in [0.3, 0.4) is 0 Å². The molecular formula is C16H16Cl2N4O2. The van der Waals surface area contributed by atoms with E-state index in [0.717, 1.165) is 18.9 Å². The standard InChI is InChI=1S/C16H16Cl2N4O2/c17-11-1-2-12(13(18)9-11)16(23)20-10-14-19-4-3-15(21-14)22-5-7-24-8-6-22/h1-4,9H,5-8,10H2,(H,20,23). The molecule has 0 saturated carbocycles. The van der Waals surface area contributed by atoms with E-state index in [1.807, 2.05) is 6.07 Å². The predicted molar refractivity (Wildman–Crippen MR) is 92.7 cm³/mol. The van der Waals surface area contributed by atoms with Gasteiger partial charge in [0.25, 0.3) is 5.91 Å². The number of ether oxygens (including phenoxy) is 1. The van der Waals surface area contributed by atoms with Crippen LogP contribution < -0.4 is 10.2 Å². The van der Waals surface area contributed by atoms with Crippen LogP contribution >= 0.6 is 23.2 Å². The molecule has 1 aliphatic heterocycles. The first-order chi connectivity index (χ1) is 11.6. The molecule has 0 spiro atoms. The molecule has 1 aromatic heterocycles. The second-order valence-corrected chi connectivity index (χ2v) is 6.08. The van der Waals surface area contributed by atoms with Gasteiger partial charge >= 0.3 is 0 Å². The summed E-state index contributed by atoms with van der Waals surface area (Å²) >= 11 is 11.9. The average Bonchev–Trinajstić information content (AvgIpc) is 2.61. The third-order valence-corrected chi connectivity index (χ3v) is 4.16. The Kier molecular flexibility index (Phi) is 5.50. The number of nitrogens with one attached hydrogen (secondary N) is 1. The Morgan fingerprint density at radius 1 is 1.25 bits per heavy atom. The lowest BCUT2D eigenvalue weighted by atomic mass is 10.2. The Balaban J connectivity index is 1.64. The fraction of sp³-hybridized carbons (Fsp3) is 0.312. The minimum absolute atomic E-state index is 0.218. The van der Waals surface area contributed by atoms with Crippen LogP contribution in [-0.4, -0.2) is 42.2 Å². The number of morpholine rings is 1. The highest BCUT2D eigenvalue weighted by molar-refractivity contribution is 6.36. The van der Waals surface area contributed by atoms with Crippen LogP contribution in [0.25, 0.3) is 0 Å². The smallest absolute Gasteiger partial charge is 0.253 e. The van der Waals surface area contributed by atoms with E-state index in [1.165, 1.54) is 6.07 Å². The summed E-state index contributed by atoms with van der Waals surface area (Å²) in [6.07, 6.45) is 1.69. The van der Waals surface area contributed by atoms with E-state index < -0.39 is 0 Å². The molecule has 1 amide bonds. The van der Waals surface area contributed by atoms with Crippen molar-refractivity contribution >= 4 is 34.9 Å². The van der Waals surface area contributed by atoms with Crippen molar-refractivity contribution in [1.82, 2.24) is 15.3 Å². The second-order valence-electron chi connectivity index (χ2n) is 5.24. The molecule has 3 rings (SSSR count). The number of nitrogens with zero attached hydrogens (tertiary/aromatic N) is 3. The SMILES string of the molecule is O=C(NCc1nccc(N2CCOCC2)n1)c1ccc(Cl)cc1Cl. The number of rotatable bonds is 4. The van der Waals surface area contributed by atoms with Crippen LogP contribution in [0, 0.1) is 0 Å². The molecule has 0 atom stereocenters. The number of hydrogen-bond acceptors (Lipinski definition) is 5. The number of carbonyl (C=O) groups is 1. The molecule has 1 fully saturated rings. The number of benzene rings is 1. The van der Waals surface area contributed by atoms with Gasteiger partial charge in [-0.3, -0.25) is 4.79 Å². The average molecular weight is 367 g/mol. The molecular weight excluding hydrogens is 351 g/mol. The molecule has 0 radical (unpaired) electrons. The normalized spacial score (nSPS) is 14.5. The molecule has 2 aromatic rings. The first-order valence-corrected chi connectivity index (χ1v) is 8.27. The first kappa shape index (κ1) is 17.0. The molecule has 1 aromatic carbocycles. The van der Waals surface area contributed by atoms with E-state index in [1.54, 1.807) is 18.3 Å². The van der Waals surface area contributed by atoms with Crippen LogP contribution in [0.4, 0.5) is 5.82 Å². The maximum Gasteiger partial charge on any atom is 0.253 e. The number of anilines is 1. The summed E-state index contributed by atoms with van der Waals surface area (Å²) in [5.74, 6) is 1.08. The monoisotopic (exact) mass is 366 g/mol. The topological polar surface area (TPSA) is 67.4 Å². The molecule has 1 aliphatic rings. The van der Waals surface area contributed by atoms with Crippen molar-refractivity contribution in [3.63, 3.8) is 0 Å². The molecule has 0 unspecified atom stereocenters. The molecule has 1 saturated heterocycles. The van der Waals surface area contributed by atoms with Crippen molar-refractivity contribution in [2.45, 2.75) is 6.54 Å². The van der Waals surface area contributed by atoms with E-state index in [-0.39, 0.29) is 12.5 Å². The Morgan fingerprint density at radius 2 is 2.04 bits per heavy atom. The first-order valence-electron chi connectivity index (χ1n) is 7.51. The van der Waals surface area contributed by atoms with Gasteiger partial charge in [-0.15, -0.1) is 0 Å². The molecule has 1 N–H and O–H groups in total. The zero-order valence-electron chi connectivity index (χ0n) is 12.8. The Labute approximate surface area is 149 Å². The fourth-order valence-electron chi connectivity index (χ4n) is 2.37. The largest absolute Gasteiger partial charge is 0.378 e. The quantitative estimate of drug-likeness (QED) is 0.900. The molecule has 24 heavy (non-hydrogen) atoms. The summed E-state index contributed by atoms with van der Waals surface area (Å²) in [5, 5.41) is 3.56. The van der Waals surface area contributed by atoms with E-state index in [4.69, 9.17) is 27.9 Å². The zero-order valence-corrected chi connectivity index (χ0v) is 14.3. The highest BCUT2D eigenvalue weighted by Gasteiger charge is 2.14. The number of carbonyl (C=O) groups excluding carboxylic acids is 1. The van der Waals surface area contributed by atoms with Gasteiger partial charge < -0.3 is 15.0 Å². The van der Waals surface area contributed by atoms with Crippen LogP contribution in [0.15, 0.2) is 30.5 Å². The molecule has 2 heterocycles. The van der Waals surface area contributed by atoms with Gasteiger partial charge in [-0.25, -0.2) is 9.97 Å². The molecule has 126 valence electrons. The number of halogens is 2. The van der Waals surface area contributed by atoms with Crippen molar-refractivity contribution in [2.24, 2.45) is 0 Å². The second kappa shape index (κ2) is 7.79. The number of aromatic nitrogens is 2.